The molecule has 0 aromatic rings. The first-order valence-corrected chi connectivity index (χ1v) is 25.8. The third-order valence-corrected chi connectivity index (χ3v) is 6.32. The molecule has 0 aromatic heterocycles. The minimum atomic E-state index is 1.68. The molecule has 0 heterocycles. The molecule has 416 valence electrons. The van der Waals surface area contributed by atoms with Crippen LogP contribution in [0.15, 0.2) is 0 Å². The zero-order chi connectivity index (χ0) is 73.4. The Balaban J connectivity index is 4.64. The standard InChI is InChI=1S/C103H4/c1-3-5-7-9-11-13-15-17-19-21-23-25-27-29-31-33-35-37-39-41-43-45-47-49-51-53-55-57-59-61-63-65-67-69-71-73-75-77-79-81-83-85-87-89-91-93-95-97-99-101-103-102-100-98-96-94-92-90-88-86-84-82-80-78-76-74-72-70-68-66-64-62-60-58-56-54-52-50-48-46-44-42-40-38-36-34-32-30-28-26-24-22-20-18-16-14-12-10-8-6-4-2/h1H,2H3. The van der Waals surface area contributed by atoms with Crippen LogP contribution in [0.3, 0.4) is 0 Å². The topological polar surface area (TPSA) is 0 Å². The van der Waals surface area contributed by atoms with Gasteiger partial charge in [0.25, 0.3) is 0 Å². The molecule has 0 rings (SSSR count). The summed E-state index contributed by atoms with van der Waals surface area (Å²) in [7, 11) is 0. The maximum absolute atomic E-state index is 4.95. The quantitative estimate of drug-likeness (QED) is 0.316. The lowest BCUT2D eigenvalue weighted by Crippen LogP contribution is -1.57. The van der Waals surface area contributed by atoms with E-state index in [0.29, 0.717) is 0 Å². The summed E-state index contributed by atoms with van der Waals surface area (Å²) >= 11 is 0. The lowest BCUT2D eigenvalue weighted by atomic mass is 10.4. The van der Waals surface area contributed by atoms with Crippen molar-refractivity contribution in [3.63, 3.8) is 0 Å². The molecule has 0 nitrogen and oxygen atoms in total. The van der Waals surface area contributed by atoms with Crippen LogP contribution in [0.2, 0.25) is 0 Å². The summed E-state index contributed by atoms with van der Waals surface area (Å²) < 4.78 is 0. The van der Waals surface area contributed by atoms with Crippen LogP contribution in [0, 0.1) is 604 Å². The smallest absolute Gasteiger partial charge is 0 e. The van der Waals surface area contributed by atoms with Crippen LogP contribution in [0.4, 0.5) is 0 Å². The van der Waals surface area contributed by atoms with E-state index >= 15 is 0 Å². The Labute approximate surface area is 607 Å². The van der Waals surface area contributed by atoms with Gasteiger partial charge in [-0.15, -0.1) is 6.42 Å². The predicted molar refractivity (Wildman–Crippen MR) is 403 cm³/mol. The van der Waals surface area contributed by atoms with E-state index in [1.807, 2.05) is 0 Å². The fourth-order valence-corrected chi connectivity index (χ4v) is 3.13. The summed E-state index contributed by atoms with van der Waals surface area (Å²) in [4.78, 5) is 0. The van der Waals surface area contributed by atoms with Gasteiger partial charge >= 0.3 is 0 Å². The van der Waals surface area contributed by atoms with Gasteiger partial charge in [0.05, 0.1) is 0 Å². The monoisotopic (exact) mass is 1240 g/mol. The van der Waals surface area contributed by atoms with E-state index in [1.54, 1.807) is 6.92 Å². The molecule has 0 aromatic carbocycles. The molecule has 103 heavy (non-hydrogen) atoms. The van der Waals surface area contributed by atoms with Crippen LogP contribution >= 0.6 is 0 Å². The van der Waals surface area contributed by atoms with Gasteiger partial charge in [0.15, 0.2) is 0 Å². The Morgan fingerprint density at radius 1 is 0.0777 bits per heavy atom. The first-order chi connectivity index (χ1) is 51.4. The number of hydrogen-bond acceptors (Lipinski definition) is 0. The normalized spacial score (nSPS) is 3.96. The van der Waals surface area contributed by atoms with Crippen molar-refractivity contribution in [1.29, 1.82) is 0 Å². The highest BCUT2D eigenvalue weighted by Crippen LogP contribution is 1.67. The van der Waals surface area contributed by atoms with Crippen molar-refractivity contribution in [2.45, 2.75) is 6.92 Å². The maximum Gasteiger partial charge on any atom is 0 e. The van der Waals surface area contributed by atoms with Crippen LogP contribution in [-0.4, -0.2) is 0 Å². The molecule has 0 saturated heterocycles. The summed E-state index contributed by atoms with van der Waals surface area (Å²) in [5.41, 5.74) is 0. The van der Waals surface area contributed by atoms with Gasteiger partial charge in [0.1, 0.15) is 0 Å². The highest BCUT2D eigenvalue weighted by Gasteiger charge is 1.67. The molecule has 0 aliphatic carbocycles. The largest absolute Gasteiger partial charge is 0.106 e. The van der Waals surface area contributed by atoms with E-state index in [2.05, 4.69) is 598 Å². The molecular formula is C103H4. The fourth-order valence-electron chi connectivity index (χ4n) is 3.13. The van der Waals surface area contributed by atoms with Crippen LogP contribution in [0.25, 0.3) is 0 Å². The fraction of sp³-hybridized carbons (Fsp3) is 0.00971. The van der Waals surface area contributed by atoms with E-state index in [4.69, 9.17) is 6.42 Å². The summed E-state index contributed by atoms with van der Waals surface area (Å²) in [6.45, 7) is 1.68. The van der Waals surface area contributed by atoms with Gasteiger partial charge in [-0.3, -0.25) is 0 Å². The van der Waals surface area contributed by atoms with Crippen LogP contribution < -0.4 is 0 Å². The van der Waals surface area contributed by atoms with E-state index in [0.717, 1.165) is 0 Å². The molecule has 0 aliphatic heterocycles. The van der Waals surface area contributed by atoms with Gasteiger partial charge in [-0.25, -0.2) is 0 Å². The lowest BCUT2D eigenvalue weighted by molar-refractivity contribution is 1.92. The summed E-state index contributed by atoms with van der Waals surface area (Å²) in [5.74, 6) is 252. The van der Waals surface area contributed by atoms with E-state index in [9.17, 15) is 0 Å². The van der Waals surface area contributed by atoms with Crippen molar-refractivity contribution < 1.29 is 0 Å². The van der Waals surface area contributed by atoms with Gasteiger partial charge in [0.2, 0.25) is 0 Å². The van der Waals surface area contributed by atoms with Crippen LogP contribution in [0.5, 0.6) is 0 Å². The Hall–Kier alpha value is -22.4. The third-order valence-electron chi connectivity index (χ3n) is 6.32. The van der Waals surface area contributed by atoms with Crippen molar-refractivity contribution in [2.75, 3.05) is 0 Å². The molecule has 0 saturated carbocycles. The Kier molecular flexibility index (Phi) is 62.2. The zero-order valence-electron chi connectivity index (χ0n) is 52.1. The minimum Gasteiger partial charge on any atom is -0.106 e. The summed E-state index contributed by atoms with van der Waals surface area (Å²) in [6, 6.07) is 0. The first-order valence-electron chi connectivity index (χ1n) is 25.8. The average molecular weight is 1240 g/mol. The average Bonchev–Trinajstić information content (AvgIpc) is 3.71. The lowest BCUT2D eigenvalue weighted by Gasteiger charge is -1.58. The highest BCUT2D eigenvalue weighted by atomic mass is 13.7. The van der Waals surface area contributed by atoms with Crippen molar-refractivity contribution in [1.82, 2.24) is 0 Å². The molecule has 0 atom stereocenters. The second-order valence-electron chi connectivity index (χ2n) is 12.8. The zero-order valence-corrected chi connectivity index (χ0v) is 52.1. The van der Waals surface area contributed by atoms with Gasteiger partial charge < -0.3 is 0 Å². The second kappa shape index (κ2) is 79.6. The molecule has 0 N–H and O–H groups in total. The van der Waals surface area contributed by atoms with Gasteiger partial charge in [-0.05, 0) is 102 Å². The Morgan fingerprint density at radius 2 is 0.126 bits per heavy atom. The van der Waals surface area contributed by atoms with Gasteiger partial charge in [-0.2, -0.15) is 0 Å². The molecule has 0 unspecified atom stereocenters. The predicted octanol–water partition coefficient (Wildman–Crippen LogP) is 0.809. The minimum absolute atomic E-state index is 1.68. The second-order valence-corrected chi connectivity index (χ2v) is 12.8. The molecule has 0 aliphatic rings. The van der Waals surface area contributed by atoms with Crippen molar-refractivity contribution in [2.24, 2.45) is 0 Å². The van der Waals surface area contributed by atoms with Gasteiger partial charge in [0, 0.05) is 497 Å². The molecule has 0 radical (unpaired) electrons. The van der Waals surface area contributed by atoms with Crippen molar-refractivity contribution in [3.8, 4) is 604 Å². The number of rotatable bonds is 0. The van der Waals surface area contributed by atoms with Crippen LogP contribution in [-0.2, 0) is 0 Å². The number of terminal acetylenes is 1. The summed E-state index contributed by atoms with van der Waals surface area (Å²) in [5, 5.41) is 0. The SMILES string of the molecule is C#CC#CC#CC#CC#CC#CC#CC#CC#CC#CC#CC#CC#CC#CC#CC#CC#CC#CC#CC#CC#CC#CC#CC#CC#CC#CC#CC#CC#CC#CC#CC#CC#CC#CC#CC#CC#CC#CC#CC#CC#CC#CC#CC#CC#CC#CC#CC#CC#CC#CC#CC. The maximum atomic E-state index is 4.95. The molecule has 0 spiro atoms. The molecular weight excluding hydrogens is 1240 g/mol. The number of hydrogen-bond donors (Lipinski definition) is 0. The van der Waals surface area contributed by atoms with E-state index in [-0.39, 0.29) is 0 Å². The van der Waals surface area contributed by atoms with E-state index < -0.39 is 0 Å². The highest BCUT2D eigenvalue weighted by molar-refractivity contribution is 5.56. The Bertz CT molecular complexity index is 7310. The third kappa shape index (κ3) is 79.6. The molecule has 0 fully saturated rings. The van der Waals surface area contributed by atoms with Crippen molar-refractivity contribution in [3.05, 3.63) is 0 Å². The molecule has 0 amide bonds. The van der Waals surface area contributed by atoms with Gasteiger partial charge in [-0.1, -0.05) is 5.92 Å². The van der Waals surface area contributed by atoms with Crippen LogP contribution in [0.1, 0.15) is 6.92 Å². The first kappa shape index (κ1) is 80.6. The van der Waals surface area contributed by atoms with E-state index in [1.165, 1.54) is 0 Å². The Morgan fingerprint density at radius 3 is 0.175 bits per heavy atom. The molecule has 0 bridgehead atoms. The van der Waals surface area contributed by atoms with Crippen molar-refractivity contribution >= 4 is 0 Å². The summed E-state index contributed by atoms with van der Waals surface area (Å²) in [6.07, 6.45) is 4.95. The molecule has 0 heteroatoms.